The first-order valence-corrected chi connectivity index (χ1v) is 10.1. The summed E-state index contributed by atoms with van der Waals surface area (Å²) in [5.74, 6) is 0.306. The van der Waals surface area contributed by atoms with Gasteiger partial charge in [-0.05, 0) is 17.7 Å². The summed E-state index contributed by atoms with van der Waals surface area (Å²) < 4.78 is 4.11. The van der Waals surface area contributed by atoms with Gasteiger partial charge >= 0.3 is 5.69 Å². The van der Waals surface area contributed by atoms with Gasteiger partial charge in [0.1, 0.15) is 0 Å². The lowest BCUT2D eigenvalue weighted by molar-refractivity contribution is 0.655. The summed E-state index contributed by atoms with van der Waals surface area (Å²) in [5.41, 5.74) is 4.01. The van der Waals surface area contributed by atoms with E-state index in [2.05, 4.69) is 15.5 Å². The average Bonchev–Trinajstić information content (AvgIpc) is 3.08. The topological polar surface area (TPSA) is 86.2 Å². The van der Waals surface area contributed by atoms with E-state index in [1.165, 1.54) is 15.3 Å². The summed E-state index contributed by atoms with van der Waals surface area (Å²) in [6.45, 7) is 0.170. The van der Waals surface area contributed by atoms with E-state index < -0.39 is 11.2 Å². The number of aromatic nitrogens is 4. The van der Waals surface area contributed by atoms with Gasteiger partial charge in [0.15, 0.2) is 11.2 Å². The second-order valence-corrected chi connectivity index (χ2v) is 7.76. The minimum atomic E-state index is -0.442. The van der Waals surface area contributed by atoms with Crippen molar-refractivity contribution in [2.45, 2.75) is 6.54 Å². The lowest BCUT2D eigenvalue weighted by Crippen LogP contribution is -2.39. The van der Waals surface area contributed by atoms with Crippen molar-refractivity contribution < 1.29 is 0 Å². The number of benzene rings is 2. The van der Waals surface area contributed by atoms with Crippen LogP contribution in [0, 0.1) is 0 Å². The SMILES string of the molecule is Cn1c(NN=Cc2ccc(Cl)cc2Cl)nc2c1c(=O)n(Cc1ccccc1)c(=O)n2C. The number of halogens is 2. The van der Waals surface area contributed by atoms with Gasteiger partial charge < -0.3 is 4.57 Å². The zero-order valence-corrected chi connectivity index (χ0v) is 18.2. The molecule has 158 valence electrons. The standard InChI is InChI=1S/C21H18Cl2N6O2/c1-27-17-18(25-20(27)26-24-11-14-8-9-15(22)10-16(14)23)28(2)21(31)29(19(17)30)12-13-6-4-3-5-7-13/h3-11H,12H2,1-2H3,(H,25,26). The maximum atomic E-state index is 13.1. The Morgan fingerprint density at radius 3 is 2.52 bits per heavy atom. The third-order valence-corrected chi connectivity index (χ3v) is 5.44. The Kier molecular flexibility index (Phi) is 5.67. The number of nitrogens with zero attached hydrogens (tertiary/aromatic N) is 5. The van der Waals surface area contributed by atoms with Gasteiger partial charge in [-0.1, -0.05) is 59.6 Å². The van der Waals surface area contributed by atoms with Gasteiger partial charge in [-0.25, -0.2) is 10.2 Å². The lowest BCUT2D eigenvalue weighted by Gasteiger charge is -2.08. The Morgan fingerprint density at radius 1 is 1.06 bits per heavy atom. The fourth-order valence-electron chi connectivity index (χ4n) is 3.21. The number of anilines is 1. The molecule has 0 atom stereocenters. The molecule has 31 heavy (non-hydrogen) atoms. The van der Waals surface area contributed by atoms with Crippen molar-refractivity contribution in [2.24, 2.45) is 19.2 Å². The van der Waals surface area contributed by atoms with E-state index in [4.69, 9.17) is 23.2 Å². The molecule has 0 aliphatic rings. The highest BCUT2D eigenvalue weighted by molar-refractivity contribution is 6.36. The summed E-state index contributed by atoms with van der Waals surface area (Å²) in [6.07, 6.45) is 1.52. The molecule has 0 saturated heterocycles. The summed E-state index contributed by atoms with van der Waals surface area (Å²) >= 11 is 12.0. The van der Waals surface area contributed by atoms with E-state index in [-0.39, 0.29) is 12.2 Å². The number of fused-ring (bicyclic) bond motifs is 1. The average molecular weight is 457 g/mol. The Hall–Kier alpha value is -3.36. The molecule has 0 saturated carbocycles. The third-order valence-electron chi connectivity index (χ3n) is 4.87. The van der Waals surface area contributed by atoms with Gasteiger partial charge in [0.2, 0.25) is 5.95 Å². The fourth-order valence-corrected chi connectivity index (χ4v) is 3.67. The van der Waals surface area contributed by atoms with Crippen molar-refractivity contribution in [3.8, 4) is 0 Å². The van der Waals surface area contributed by atoms with Crippen LogP contribution in [-0.2, 0) is 20.6 Å². The molecule has 0 bridgehead atoms. The molecular weight excluding hydrogens is 439 g/mol. The third kappa shape index (κ3) is 3.99. The number of imidazole rings is 1. The van der Waals surface area contributed by atoms with Crippen molar-refractivity contribution in [1.82, 2.24) is 18.7 Å². The second-order valence-electron chi connectivity index (χ2n) is 6.92. The van der Waals surface area contributed by atoms with E-state index in [9.17, 15) is 9.59 Å². The van der Waals surface area contributed by atoms with Crippen LogP contribution in [0.4, 0.5) is 5.95 Å². The van der Waals surface area contributed by atoms with Crippen LogP contribution in [0.1, 0.15) is 11.1 Å². The minimum Gasteiger partial charge on any atom is -0.306 e. The summed E-state index contributed by atoms with van der Waals surface area (Å²) in [5, 5.41) is 5.13. The van der Waals surface area contributed by atoms with Crippen LogP contribution in [0.5, 0.6) is 0 Å². The van der Waals surface area contributed by atoms with Crippen LogP contribution in [0.25, 0.3) is 11.2 Å². The first-order valence-electron chi connectivity index (χ1n) is 9.31. The molecule has 2 aromatic heterocycles. The number of hydrazone groups is 1. The van der Waals surface area contributed by atoms with Crippen LogP contribution >= 0.6 is 23.2 Å². The fraction of sp³-hybridized carbons (Fsp3) is 0.143. The number of hydrogen-bond donors (Lipinski definition) is 1. The summed E-state index contributed by atoms with van der Waals surface area (Å²) in [7, 11) is 3.26. The molecule has 0 aliphatic heterocycles. The lowest BCUT2D eigenvalue weighted by atomic mass is 10.2. The first kappa shape index (κ1) is 20.9. The second kappa shape index (κ2) is 8.41. The number of nitrogens with one attached hydrogen (secondary N) is 1. The molecule has 1 N–H and O–H groups in total. The van der Waals surface area contributed by atoms with Gasteiger partial charge in [-0.3, -0.25) is 13.9 Å². The molecule has 10 heteroatoms. The van der Waals surface area contributed by atoms with E-state index in [0.29, 0.717) is 27.1 Å². The number of hydrogen-bond acceptors (Lipinski definition) is 5. The minimum absolute atomic E-state index is 0.170. The maximum absolute atomic E-state index is 13.1. The molecule has 8 nitrogen and oxygen atoms in total. The zero-order valence-electron chi connectivity index (χ0n) is 16.7. The molecule has 4 rings (SSSR count). The van der Waals surface area contributed by atoms with Crippen LogP contribution in [-0.4, -0.2) is 24.9 Å². The van der Waals surface area contributed by atoms with Gasteiger partial charge in [-0.2, -0.15) is 10.1 Å². The molecule has 2 aromatic carbocycles. The molecule has 0 fully saturated rings. The van der Waals surface area contributed by atoms with Gasteiger partial charge in [0.05, 0.1) is 17.8 Å². The monoisotopic (exact) mass is 456 g/mol. The van der Waals surface area contributed by atoms with E-state index in [0.717, 1.165) is 5.56 Å². The highest BCUT2D eigenvalue weighted by Crippen LogP contribution is 2.19. The van der Waals surface area contributed by atoms with Crippen molar-refractivity contribution >= 4 is 46.5 Å². The van der Waals surface area contributed by atoms with Crippen molar-refractivity contribution in [1.29, 1.82) is 0 Å². The number of rotatable bonds is 5. The Morgan fingerprint density at radius 2 is 1.81 bits per heavy atom. The zero-order chi connectivity index (χ0) is 22.1. The Balaban J connectivity index is 1.72. The molecule has 0 amide bonds. The summed E-state index contributed by atoms with van der Waals surface area (Å²) in [6, 6.07) is 14.4. The largest absolute Gasteiger partial charge is 0.332 e. The van der Waals surface area contributed by atoms with E-state index in [1.807, 2.05) is 30.3 Å². The van der Waals surface area contributed by atoms with E-state index in [1.54, 1.807) is 36.9 Å². The molecule has 0 unspecified atom stereocenters. The molecule has 0 spiro atoms. The predicted molar refractivity (Wildman–Crippen MR) is 123 cm³/mol. The molecular formula is C21H18Cl2N6O2. The van der Waals surface area contributed by atoms with E-state index >= 15 is 0 Å². The molecule has 2 heterocycles. The van der Waals surface area contributed by atoms with Crippen LogP contribution < -0.4 is 16.7 Å². The first-order chi connectivity index (χ1) is 14.9. The molecule has 0 aliphatic carbocycles. The van der Waals surface area contributed by atoms with Crippen molar-refractivity contribution in [3.63, 3.8) is 0 Å². The van der Waals surface area contributed by atoms with Crippen LogP contribution in [0.3, 0.4) is 0 Å². The molecule has 4 aromatic rings. The normalized spacial score (nSPS) is 11.5. The van der Waals surface area contributed by atoms with Gasteiger partial charge in [-0.15, -0.1) is 0 Å². The van der Waals surface area contributed by atoms with Crippen LogP contribution in [0.15, 0.2) is 63.2 Å². The van der Waals surface area contributed by atoms with Crippen molar-refractivity contribution in [3.05, 3.63) is 90.5 Å². The Bertz CT molecular complexity index is 1420. The van der Waals surface area contributed by atoms with Crippen LogP contribution in [0.2, 0.25) is 10.0 Å². The van der Waals surface area contributed by atoms with Crippen molar-refractivity contribution in [2.75, 3.05) is 5.43 Å². The maximum Gasteiger partial charge on any atom is 0.332 e. The highest BCUT2D eigenvalue weighted by Gasteiger charge is 2.18. The van der Waals surface area contributed by atoms with Gasteiger partial charge in [0.25, 0.3) is 5.56 Å². The smallest absolute Gasteiger partial charge is 0.306 e. The number of aryl methyl sites for hydroxylation is 2. The molecule has 0 radical (unpaired) electrons. The quantitative estimate of drug-likeness (QED) is 0.368. The summed E-state index contributed by atoms with van der Waals surface area (Å²) in [4.78, 5) is 30.3. The highest BCUT2D eigenvalue weighted by atomic mass is 35.5. The predicted octanol–water partition coefficient (Wildman–Crippen LogP) is 3.23. The van der Waals surface area contributed by atoms with Gasteiger partial charge in [0, 0.05) is 24.7 Å². The Labute approximate surface area is 187 Å².